The SMILES string of the molecule is Cc1cc(N2C[C@H](S(=O)(=O)c3ccccc3Cl)C[C@H]2C(=O)O)n(C2CCOCC2)n1. The molecule has 3 heterocycles. The van der Waals surface area contributed by atoms with Gasteiger partial charge in [0, 0.05) is 25.8 Å². The standard InChI is InChI=1S/C20H24ClN3O5S/c1-13-10-19(24(22-13)14-6-8-29-9-7-14)23-12-15(11-17(23)20(25)26)30(27,28)18-5-3-2-4-16(18)21/h2-5,10,14-15,17H,6-9,11-12H2,1H3,(H,25,26)/t15-,17+/m1/s1. The number of hydrogen-bond acceptors (Lipinski definition) is 6. The largest absolute Gasteiger partial charge is 0.480 e. The predicted octanol–water partition coefficient (Wildman–Crippen LogP) is 2.70. The summed E-state index contributed by atoms with van der Waals surface area (Å²) >= 11 is 6.13. The second-order valence-electron chi connectivity index (χ2n) is 7.77. The fourth-order valence-corrected chi connectivity index (χ4v) is 6.50. The average molecular weight is 454 g/mol. The number of carboxylic acid groups (broad SMARTS) is 1. The molecule has 1 aromatic carbocycles. The van der Waals surface area contributed by atoms with Gasteiger partial charge in [0.15, 0.2) is 9.84 Å². The summed E-state index contributed by atoms with van der Waals surface area (Å²) in [7, 11) is -3.79. The van der Waals surface area contributed by atoms with E-state index in [4.69, 9.17) is 16.3 Å². The number of hydrogen-bond donors (Lipinski definition) is 1. The number of aliphatic carboxylic acids is 1. The van der Waals surface area contributed by atoms with Crippen LogP contribution < -0.4 is 4.90 Å². The highest BCUT2D eigenvalue weighted by molar-refractivity contribution is 7.92. The second-order valence-corrected chi connectivity index (χ2v) is 10.4. The molecule has 2 aliphatic rings. The number of carboxylic acids is 1. The van der Waals surface area contributed by atoms with Crippen molar-refractivity contribution in [1.29, 1.82) is 0 Å². The molecule has 0 unspecified atom stereocenters. The van der Waals surface area contributed by atoms with Gasteiger partial charge < -0.3 is 14.7 Å². The minimum Gasteiger partial charge on any atom is -0.480 e. The van der Waals surface area contributed by atoms with E-state index in [2.05, 4.69) is 5.10 Å². The van der Waals surface area contributed by atoms with Crippen LogP contribution in [0.2, 0.25) is 5.02 Å². The normalized spacial score (nSPS) is 23.1. The van der Waals surface area contributed by atoms with Crippen LogP contribution in [-0.2, 0) is 19.4 Å². The van der Waals surface area contributed by atoms with Crippen LogP contribution in [0.25, 0.3) is 0 Å². The van der Waals surface area contributed by atoms with Crippen LogP contribution >= 0.6 is 11.6 Å². The Kier molecular flexibility index (Phi) is 5.78. The Morgan fingerprint density at radius 1 is 1.27 bits per heavy atom. The van der Waals surface area contributed by atoms with Gasteiger partial charge in [0.25, 0.3) is 0 Å². The van der Waals surface area contributed by atoms with Gasteiger partial charge in [-0.2, -0.15) is 5.10 Å². The number of rotatable bonds is 5. The Balaban J connectivity index is 1.69. The molecular formula is C20H24ClN3O5S. The highest BCUT2D eigenvalue weighted by Gasteiger charge is 2.45. The van der Waals surface area contributed by atoms with E-state index in [9.17, 15) is 18.3 Å². The van der Waals surface area contributed by atoms with Crippen molar-refractivity contribution < 1.29 is 23.1 Å². The van der Waals surface area contributed by atoms with Crippen molar-refractivity contribution in [3.8, 4) is 0 Å². The number of sulfone groups is 1. The van der Waals surface area contributed by atoms with Crippen molar-refractivity contribution in [1.82, 2.24) is 9.78 Å². The van der Waals surface area contributed by atoms with E-state index in [1.807, 2.05) is 17.7 Å². The summed E-state index contributed by atoms with van der Waals surface area (Å²) in [6.07, 6.45) is 1.54. The van der Waals surface area contributed by atoms with E-state index >= 15 is 0 Å². The Hall–Kier alpha value is -2.10. The first kappa shape index (κ1) is 21.1. The lowest BCUT2D eigenvalue weighted by molar-refractivity contribution is -0.138. The van der Waals surface area contributed by atoms with Crippen molar-refractivity contribution in [2.24, 2.45) is 0 Å². The molecule has 0 amide bonds. The number of aryl methyl sites for hydroxylation is 1. The van der Waals surface area contributed by atoms with Gasteiger partial charge in [-0.05, 0) is 38.3 Å². The fraction of sp³-hybridized carbons (Fsp3) is 0.500. The molecule has 0 radical (unpaired) electrons. The summed E-state index contributed by atoms with van der Waals surface area (Å²) in [4.78, 5) is 13.7. The molecule has 0 saturated carbocycles. The first-order chi connectivity index (χ1) is 14.3. The number of anilines is 1. The number of carbonyl (C=O) groups is 1. The molecule has 2 fully saturated rings. The van der Waals surface area contributed by atoms with Gasteiger partial charge in [0.1, 0.15) is 11.9 Å². The molecule has 2 aliphatic heterocycles. The van der Waals surface area contributed by atoms with Crippen LogP contribution in [0.1, 0.15) is 31.0 Å². The van der Waals surface area contributed by atoms with Crippen molar-refractivity contribution in [3.63, 3.8) is 0 Å². The van der Waals surface area contributed by atoms with Crippen LogP contribution in [0.15, 0.2) is 35.2 Å². The van der Waals surface area contributed by atoms with Crippen molar-refractivity contribution >= 4 is 33.2 Å². The molecule has 4 rings (SSSR count). The van der Waals surface area contributed by atoms with Crippen LogP contribution in [0, 0.1) is 6.92 Å². The molecule has 0 spiro atoms. The first-order valence-electron chi connectivity index (χ1n) is 9.91. The van der Waals surface area contributed by atoms with E-state index in [0.29, 0.717) is 19.0 Å². The summed E-state index contributed by atoms with van der Waals surface area (Å²) in [6, 6.07) is 7.24. The Bertz CT molecular complexity index is 1050. The van der Waals surface area contributed by atoms with E-state index < -0.39 is 27.1 Å². The van der Waals surface area contributed by atoms with E-state index in [0.717, 1.165) is 18.5 Å². The Morgan fingerprint density at radius 2 is 1.97 bits per heavy atom. The monoisotopic (exact) mass is 453 g/mol. The van der Waals surface area contributed by atoms with Gasteiger partial charge in [0.05, 0.1) is 26.9 Å². The molecule has 1 N–H and O–H groups in total. The molecule has 2 saturated heterocycles. The highest BCUT2D eigenvalue weighted by Crippen LogP contribution is 2.36. The maximum Gasteiger partial charge on any atom is 0.326 e. The van der Waals surface area contributed by atoms with Gasteiger partial charge in [0.2, 0.25) is 0 Å². The van der Waals surface area contributed by atoms with Crippen molar-refractivity contribution in [2.45, 2.75) is 48.4 Å². The van der Waals surface area contributed by atoms with Crippen LogP contribution in [0.5, 0.6) is 0 Å². The zero-order valence-corrected chi connectivity index (χ0v) is 18.1. The Morgan fingerprint density at radius 3 is 2.63 bits per heavy atom. The number of benzene rings is 1. The smallest absolute Gasteiger partial charge is 0.326 e. The van der Waals surface area contributed by atoms with Crippen LogP contribution in [-0.4, -0.2) is 60.3 Å². The minimum atomic E-state index is -3.79. The lowest BCUT2D eigenvalue weighted by Gasteiger charge is -2.29. The summed E-state index contributed by atoms with van der Waals surface area (Å²) in [5.41, 5.74) is 0.762. The molecule has 1 aromatic heterocycles. The average Bonchev–Trinajstić information content (AvgIpc) is 3.33. The summed E-state index contributed by atoms with van der Waals surface area (Å²) in [5, 5.41) is 13.7. The fourth-order valence-electron chi connectivity index (χ4n) is 4.28. The summed E-state index contributed by atoms with van der Waals surface area (Å²) in [6.45, 7) is 3.16. The first-order valence-corrected chi connectivity index (χ1v) is 11.8. The quantitative estimate of drug-likeness (QED) is 0.742. The molecule has 2 aromatic rings. The maximum atomic E-state index is 13.2. The third-order valence-electron chi connectivity index (χ3n) is 5.80. The summed E-state index contributed by atoms with van der Waals surface area (Å²) in [5.74, 6) is -0.409. The molecule has 30 heavy (non-hydrogen) atoms. The lowest BCUT2D eigenvalue weighted by Crippen LogP contribution is -2.38. The van der Waals surface area contributed by atoms with Gasteiger partial charge in [-0.25, -0.2) is 17.9 Å². The number of aromatic nitrogens is 2. The van der Waals surface area contributed by atoms with E-state index in [1.54, 1.807) is 17.0 Å². The molecule has 10 heteroatoms. The van der Waals surface area contributed by atoms with Crippen LogP contribution in [0.3, 0.4) is 0 Å². The van der Waals surface area contributed by atoms with E-state index in [1.165, 1.54) is 12.1 Å². The van der Waals surface area contributed by atoms with Gasteiger partial charge >= 0.3 is 5.97 Å². The predicted molar refractivity (Wildman–Crippen MR) is 112 cm³/mol. The third-order valence-corrected chi connectivity index (χ3v) is 8.43. The second kappa shape index (κ2) is 8.20. The maximum absolute atomic E-state index is 13.2. The molecule has 0 aliphatic carbocycles. The molecule has 2 atom stereocenters. The molecular weight excluding hydrogens is 430 g/mol. The van der Waals surface area contributed by atoms with Gasteiger partial charge in [-0.15, -0.1) is 0 Å². The topological polar surface area (TPSA) is 102 Å². The third kappa shape index (κ3) is 3.81. The summed E-state index contributed by atoms with van der Waals surface area (Å²) < 4.78 is 33.8. The Labute approximate surface area is 180 Å². The highest BCUT2D eigenvalue weighted by atomic mass is 35.5. The van der Waals surface area contributed by atoms with Gasteiger partial charge in [-0.1, -0.05) is 23.7 Å². The number of nitrogens with zero attached hydrogens (tertiary/aromatic N) is 3. The van der Waals surface area contributed by atoms with Crippen LogP contribution in [0.4, 0.5) is 5.82 Å². The van der Waals surface area contributed by atoms with Crippen molar-refractivity contribution in [3.05, 3.63) is 41.0 Å². The van der Waals surface area contributed by atoms with E-state index in [-0.39, 0.29) is 28.9 Å². The minimum absolute atomic E-state index is 0.0130. The van der Waals surface area contributed by atoms with Gasteiger partial charge in [-0.3, -0.25) is 0 Å². The molecule has 162 valence electrons. The number of ether oxygens (including phenoxy) is 1. The van der Waals surface area contributed by atoms with Crippen molar-refractivity contribution in [2.75, 3.05) is 24.7 Å². The molecule has 0 bridgehead atoms. The zero-order chi connectivity index (χ0) is 21.5. The lowest BCUT2D eigenvalue weighted by atomic mass is 10.1. The number of halogens is 1. The zero-order valence-electron chi connectivity index (χ0n) is 16.6. The molecule has 8 nitrogen and oxygen atoms in total.